The van der Waals surface area contributed by atoms with E-state index >= 15 is 0 Å². The van der Waals surface area contributed by atoms with Crippen LogP contribution in [0.5, 0.6) is 5.75 Å². The van der Waals surface area contributed by atoms with Gasteiger partial charge >= 0.3 is 0 Å². The minimum Gasteiger partial charge on any atom is -0.489 e. The minimum absolute atomic E-state index is 0.0436. The zero-order valence-corrected chi connectivity index (χ0v) is 22.7. The number of halogens is 1. The van der Waals surface area contributed by atoms with Gasteiger partial charge in [0.05, 0.1) is 23.0 Å². The van der Waals surface area contributed by atoms with Crippen molar-refractivity contribution in [3.8, 4) is 17.0 Å². The summed E-state index contributed by atoms with van der Waals surface area (Å²) in [4.78, 5) is 17.8. The molecule has 194 valence electrons. The molecule has 1 aromatic heterocycles. The number of nitrogens with one attached hydrogen (secondary N) is 1. The monoisotopic (exact) mass is 512 g/mol. The third-order valence-electron chi connectivity index (χ3n) is 5.84. The number of amides is 1. The van der Waals surface area contributed by atoms with Gasteiger partial charge in [0.1, 0.15) is 16.6 Å². The lowest BCUT2D eigenvalue weighted by Crippen LogP contribution is -2.37. The van der Waals surface area contributed by atoms with E-state index in [4.69, 9.17) is 27.1 Å². The van der Waals surface area contributed by atoms with Crippen LogP contribution in [-0.2, 0) is 18.9 Å². The van der Waals surface area contributed by atoms with Gasteiger partial charge in [-0.15, -0.1) is 0 Å². The first-order valence-electron chi connectivity index (χ1n) is 12.2. The van der Waals surface area contributed by atoms with E-state index in [0.29, 0.717) is 18.6 Å². The molecule has 0 saturated carbocycles. The highest BCUT2D eigenvalue weighted by Gasteiger charge is 2.22. The van der Waals surface area contributed by atoms with Crippen molar-refractivity contribution < 1.29 is 14.6 Å². The first-order valence-corrected chi connectivity index (χ1v) is 12.6. The van der Waals surface area contributed by atoms with Crippen molar-refractivity contribution in [2.24, 2.45) is 7.05 Å². The fraction of sp³-hybridized carbons (Fsp3) is 0.429. The molecule has 1 unspecified atom stereocenters. The maximum absolute atomic E-state index is 13.0. The van der Waals surface area contributed by atoms with E-state index in [1.54, 1.807) is 12.1 Å². The van der Waals surface area contributed by atoms with E-state index in [-0.39, 0.29) is 46.3 Å². The standard InChI is InChI=1S/C28H37ClN4O3/c1-17(2)36-23-12-11-21(25(30)24(23)29)26(35)31-20(13-14-34)15-18-7-9-19(10-8-18)22-16-33(6)27(32-22)28(3,4)5/h7-12,16-17,20,34H,13-15,30H2,1-6H3,(H,31,35). The number of hydrogen-bond donors (Lipinski definition) is 3. The minimum atomic E-state index is -0.344. The molecular formula is C28H37ClN4O3. The number of carbonyl (C=O) groups excluding carboxylic acids is 1. The van der Waals surface area contributed by atoms with Gasteiger partial charge in [-0.1, -0.05) is 56.6 Å². The second-order valence-electron chi connectivity index (χ2n) is 10.4. The molecule has 0 spiro atoms. The van der Waals surface area contributed by atoms with Crippen molar-refractivity contribution in [1.29, 1.82) is 0 Å². The number of aromatic nitrogens is 2. The van der Waals surface area contributed by atoms with Gasteiger partial charge in [0, 0.05) is 36.9 Å². The fourth-order valence-electron chi connectivity index (χ4n) is 4.16. The number of benzene rings is 2. The summed E-state index contributed by atoms with van der Waals surface area (Å²) in [7, 11) is 2.01. The summed E-state index contributed by atoms with van der Waals surface area (Å²) in [6.45, 7) is 10.2. The molecular weight excluding hydrogens is 476 g/mol. The quantitative estimate of drug-likeness (QED) is 0.345. The third-order valence-corrected chi connectivity index (χ3v) is 6.23. The highest BCUT2D eigenvalue weighted by molar-refractivity contribution is 6.35. The number of nitrogens with zero attached hydrogens (tertiary/aromatic N) is 2. The molecule has 8 heteroatoms. The average Bonchev–Trinajstić information content (AvgIpc) is 3.19. The largest absolute Gasteiger partial charge is 0.489 e. The number of anilines is 1. The number of hydrogen-bond acceptors (Lipinski definition) is 5. The maximum atomic E-state index is 13.0. The number of aliphatic hydroxyl groups is 1. The first kappa shape index (κ1) is 27.6. The molecule has 0 saturated heterocycles. The Balaban J connectivity index is 1.73. The number of aryl methyl sites for hydroxylation is 1. The Morgan fingerprint density at radius 2 is 1.86 bits per heavy atom. The molecule has 3 rings (SSSR count). The van der Waals surface area contributed by atoms with Crippen molar-refractivity contribution in [1.82, 2.24) is 14.9 Å². The van der Waals surface area contributed by atoms with Gasteiger partial charge in [-0.2, -0.15) is 0 Å². The number of imidazole rings is 1. The predicted octanol–water partition coefficient (Wildman–Crippen LogP) is 5.13. The summed E-state index contributed by atoms with van der Waals surface area (Å²) in [5.41, 5.74) is 9.54. The summed E-state index contributed by atoms with van der Waals surface area (Å²) in [5, 5.41) is 12.8. The van der Waals surface area contributed by atoms with E-state index in [1.807, 2.05) is 51.4 Å². The lowest BCUT2D eigenvalue weighted by molar-refractivity contribution is 0.0931. The summed E-state index contributed by atoms with van der Waals surface area (Å²) in [5.74, 6) is 1.12. The highest BCUT2D eigenvalue weighted by Crippen LogP contribution is 2.34. The molecule has 2 aromatic carbocycles. The molecule has 0 bridgehead atoms. The Bertz CT molecular complexity index is 1200. The van der Waals surface area contributed by atoms with Crippen molar-refractivity contribution in [3.63, 3.8) is 0 Å². The molecule has 36 heavy (non-hydrogen) atoms. The zero-order chi connectivity index (χ0) is 26.6. The van der Waals surface area contributed by atoms with Crippen molar-refractivity contribution in [3.05, 3.63) is 64.6 Å². The van der Waals surface area contributed by atoms with Crippen LogP contribution in [0.4, 0.5) is 5.69 Å². The van der Waals surface area contributed by atoms with Crippen LogP contribution in [0.2, 0.25) is 5.02 Å². The fourth-order valence-corrected chi connectivity index (χ4v) is 4.37. The number of aliphatic hydroxyl groups excluding tert-OH is 1. The molecule has 0 aliphatic carbocycles. The van der Waals surface area contributed by atoms with Crippen LogP contribution in [0, 0.1) is 0 Å². The molecule has 1 amide bonds. The Morgan fingerprint density at radius 3 is 2.42 bits per heavy atom. The van der Waals surface area contributed by atoms with E-state index < -0.39 is 0 Å². The predicted molar refractivity (Wildman–Crippen MR) is 146 cm³/mol. The van der Waals surface area contributed by atoms with Gasteiger partial charge in [-0.3, -0.25) is 4.79 Å². The van der Waals surface area contributed by atoms with Crippen LogP contribution in [0.1, 0.15) is 62.8 Å². The molecule has 4 N–H and O–H groups in total. The average molecular weight is 513 g/mol. The second kappa shape index (κ2) is 11.4. The Hall–Kier alpha value is -3.03. The zero-order valence-electron chi connectivity index (χ0n) is 21.9. The van der Waals surface area contributed by atoms with Crippen LogP contribution < -0.4 is 15.8 Å². The summed E-state index contributed by atoms with van der Waals surface area (Å²) >= 11 is 6.34. The lowest BCUT2D eigenvalue weighted by atomic mass is 9.96. The molecule has 3 aromatic rings. The molecule has 0 radical (unpaired) electrons. The normalized spacial score (nSPS) is 12.6. The molecule has 0 aliphatic rings. The van der Waals surface area contributed by atoms with Crippen LogP contribution in [0.25, 0.3) is 11.3 Å². The SMILES string of the molecule is CC(C)Oc1ccc(C(=O)NC(CCO)Cc2ccc(-c3cn(C)c(C(C)(C)C)n3)cc2)c(N)c1Cl. The van der Waals surface area contributed by atoms with Gasteiger partial charge in [-0.25, -0.2) is 4.98 Å². The third kappa shape index (κ3) is 6.59. The maximum Gasteiger partial charge on any atom is 0.253 e. The second-order valence-corrected chi connectivity index (χ2v) is 10.8. The Labute approximate surface area is 218 Å². The van der Waals surface area contributed by atoms with Crippen LogP contribution in [-0.4, -0.2) is 39.3 Å². The lowest BCUT2D eigenvalue weighted by Gasteiger charge is -2.20. The van der Waals surface area contributed by atoms with E-state index in [2.05, 4.69) is 30.7 Å². The van der Waals surface area contributed by atoms with Crippen LogP contribution in [0.3, 0.4) is 0 Å². The summed E-state index contributed by atoms with van der Waals surface area (Å²) in [6, 6.07) is 11.1. The molecule has 0 fully saturated rings. The topological polar surface area (TPSA) is 102 Å². The van der Waals surface area contributed by atoms with Crippen molar-refractivity contribution in [2.45, 2.75) is 65.0 Å². The number of rotatable bonds is 9. The Kier molecular flexibility index (Phi) is 8.69. The number of nitrogen functional groups attached to an aromatic ring is 1. The van der Waals surface area contributed by atoms with Crippen LogP contribution >= 0.6 is 11.6 Å². The van der Waals surface area contributed by atoms with Gasteiger partial charge in [-0.05, 0) is 44.4 Å². The number of carbonyl (C=O) groups is 1. The molecule has 1 heterocycles. The number of ether oxygens (including phenoxy) is 1. The summed E-state index contributed by atoms with van der Waals surface area (Å²) < 4.78 is 7.71. The van der Waals surface area contributed by atoms with E-state index in [0.717, 1.165) is 22.6 Å². The van der Waals surface area contributed by atoms with Crippen molar-refractivity contribution in [2.75, 3.05) is 12.3 Å². The number of nitrogens with two attached hydrogens (primary N) is 1. The highest BCUT2D eigenvalue weighted by atomic mass is 35.5. The van der Waals surface area contributed by atoms with Gasteiger partial charge in [0.15, 0.2) is 0 Å². The molecule has 0 aliphatic heterocycles. The van der Waals surface area contributed by atoms with Crippen molar-refractivity contribution >= 4 is 23.2 Å². The van der Waals surface area contributed by atoms with Gasteiger partial charge in [0.25, 0.3) is 5.91 Å². The van der Waals surface area contributed by atoms with E-state index in [9.17, 15) is 9.90 Å². The van der Waals surface area contributed by atoms with Gasteiger partial charge in [0.2, 0.25) is 0 Å². The Morgan fingerprint density at radius 1 is 1.19 bits per heavy atom. The first-order chi connectivity index (χ1) is 16.9. The van der Waals surface area contributed by atoms with Gasteiger partial charge < -0.3 is 25.5 Å². The van der Waals surface area contributed by atoms with E-state index in [1.165, 1.54) is 0 Å². The molecule has 1 atom stereocenters. The summed E-state index contributed by atoms with van der Waals surface area (Å²) in [6.07, 6.45) is 2.94. The molecule has 7 nitrogen and oxygen atoms in total. The van der Waals surface area contributed by atoms with Crippen LogP contribution in [0.15, 0.2) is 42.6 Å². The smallest absolute Gasteiger partial charge is 0.253 e.